The van der Waals surface area contributed by atoms with E-state index in [0.29, 0.717) is 6.54 Å². The SMILES string of the molecule is C=CCn1c(SCc2ccc(-c3ccccc3)cc2)nnc1-c1ccccc1. The number of rotatable bonds is 7. The molecule has 0 atom stereocenters. The zero-order valence-corrected chi connectivity index (χ0v) is 16.3. The second-order valence-electron chi connectivity index (χ2n) is 6.42. The highest BCUT2D eigenvalue weighted by molar-refractivity contribution is 7.98. The summed E-state index contributed by atoms with van der Waals surface area (Å²) < 4.78 is 2.12. The number of hydrogen-bond donors (Lipinski definition) is 0. The monoisotopic (exact) mass is 383 g/mol. The lowest BCUT2D eigenvalue weighted by Crippen LogP contribution is -2.00. The van der Waals surface area contributed by atoms with Gasteiger partial charge in [-0.1, -0.05) is 103 Å². The fourth-order valence-corrected chi connectivity index (χ4v) is 3.97. The van der Waals surface area contributed by atoms with Gasteiger partial charge in [-0.05, 0) is 16.7 Å². The Morgan fingerprint density at radius 1 is 0.750 bits per heavy atom. The Morgan fingerprint density at radius 3 is 2.00 bits per heavy atom. The minimum Gasteiger partial charge on any atom is -0.298 e. The van der Waals surface area contributed by atoms with Crippen molar-refractivity contribution in [3.8, 4) is 22.5 Å². The van der Waals surface area contributed by atoms with Gasteiger partial charge in [-0.3, -0.25) is 4.57 Å². The van der Waals surface area contributed by atoms with E-state index in [1.807, 2.05) is 30.3 Å². The summed E-state index contributed by atoms with van der Waals surface area (Å²) in [4.78, 5) is 0. The highest BCUT2D eigenvalue weighted by atomic mass is 32.2. The molecule has 0 radical (unpaired) electrons. The van der Waals surface area contributed by atoms with E-state index in [0.717, 1.165) is 22.3 Å². The number of thioether (sulfide) groups is 1. The van der Waals surface area contributed by atoms with Gasteiger partial charge in [0.25, 0.3) is 0 Å². The summed E-state index contributed by atoms with van der Waals surface area (Å²) in [5.74, 6) is 1.72. The van der Waals surface area contributed by atoms with Gasteiger partial charge in [0, 0.05) is 17.9 Å². The molecule has 0 saturated carbocycles. The van der Waals surface area contributed by atoms with Crippen molar-refractivity contribution in [1.29, 1.82) is 0 Å². The third kappa shape index (κ3) is 4.07. The topological polar surface area (TPSA) is 30.7 Å². The smallest absolute Gasteiger partial charge is 0.192 e. The fourth-order valence-electron chi connectivity index (χ4n) is 3.06. The van der Waals surface area contributed by atoms with Crippen molar-refractivity contribution in [2.75, 3.05) is 0 Å². The number of aromatic nitrogens is 3. The summed E-state index contributed by atoms with van der Waals surface area (Å²) in [5.41, 5.74) is 4.80. The summed E-state index contributed by atoms with van der Waals surface area (Å²) in [6.45, 7) is 4.57. The lowest BCUT2D eigenvalue weighted by atomic mass is 10.0. The molecule has 0 saturated heterocycles. The van der Waals surface area contributed by atoms with Crippen LogP contribution in [0.5, 0.6) is 0 Å². The van der Waals surface area contributed by atoms with Crippen molar-refractivity contribution >= 4 is 11.8 Å². The predicted octanol–water partition coefficient (Wildman–Crippen LogP) is 6.09. The molecule has 4 rings (SSSR count). The maximum atomic E-state index is 4.42. The summed E-state index contributed by atoms with van der Waals surface area (Å²) in [6.07, 6.45) is 1.88. The highest BCUT2D eigenvalue weighted by Gasteiger charge is 2.13. The van der Waals surface area contributed by atoms with Crippen molar-refractivity contribution in [2.24, 2.45) is 0 Å². The molecule has 1 heterocycles. The van der Waals surface area contributed by atoms with Crippen molar-refractivity contribution in [3.05, 3.63) is 103 Å². The minimum absolute atomic E-state index is 0.687. The van der Waals surface area contributed by atoms with Gasteiger partial charge in [-0.2, -0.15) is 0 Å². The Kier molecular flexibility index (Phi) is 5.69. The Balaban J connectivity index is 1.50. The van der Waals surface area contributed by atoms with Crippen LogP contribution in [-0.4, -0.2) is 14.8 Å². The average Bonchev–Trinajstić information content (AvgIpc) is 3.17. The number of benzene rings is 3. The number of allylic oxidation sites excluding steroid dienone is 1. The Labute approximate surface area is 169 Å². The van der Waals surface area contributed by atoms with Crippen LogP contribution in [0.4, 0.5) is 0 Å². The Morgan fingerprint density at radius 2 is 1.36 bits per heavy atom. The van der Waals surface area contributed by atoms with Gasteiger partial charge in [0.05, 0.1) is 0 Å². The van der Waals surface area contributed by atoms with Crippen LogP contribution in [0.3, 0.4) is 0 Å². The maximum absolute atomic E-state index is 4.42. The zero-order valence-electron chi connectivity index (χ0n) is 15.5. The third-order valence-corrected chi connectivity index (χ3v) is 5.53. The predicted molar refractivity (Wildman–Crippen MR) is 117 cm³/mol. The average molecular weight is 384 g/mol. The van der Waals surface area contributed by atoms with E-state index >= 15 is 0 Å². The van der Waals surface area contributed by atoms with E-state index in [1.54, 1.807) is 11.8 Å². The molecular formula is C24H21N3S. The van der Waals surface area contributed by atoms with Gasteiger partial charge in [-0.25, -0.2) is 0 Å². The highest BCUT2D eigenvalue weighted by Crippen LogP contribution is 2.27. The molecule has 0 N–H and O–H groups in total. The first-order valence-corrected chi connectivity index (χ1v) is 10.2. The first-order valence-electron chi connectivity index (χ1n) is 9.22. The van der Waals surface area contributed by atoms with Gasteiger partial charge in [-0.15, -0.1) is 16.8 Å². The molecule has 138 valence electrons. The van der Waals surface area contributed by atoms with Crippen LogP contribution in [0.2, 0.25) is 0 Å². The van der Waals surface area contributed by atoms with E-state index in [9.17, 15) is 0 Å². The van der Waals surface area contributed by atoms with E-state index in [1.165, 1.54) is 16.7 Å². The quantitative estimate of drug-likeness (QED) is 0.286. The number of nitrogens with zero attached hydrogens (tertiary/aromatic N) is 3. The molecule has 0 bridgehead atoms. The molecule has 3 nitrogen and oxygen atoms in total. The van der Waals surface area contributed by atoms with Gasteiger partial charge in [0.1, 0.15) is 0 Å². The molecule has 0 unspecified atom stereocenters. The first-order chi connectivity index (χ1) is 13.8. The van der Waals surface area contributed by atoms with Crippen molar-refractivity contribution in [2.45, 2.75) is 17.5 Å². The van der Waals surface area contributed by atoms with Crippen molar-refractivity contribution < 1.29 is 0 Å². The molecule has 0 aliphatic rings. The molecule has 1 aromatic heterocycles. The lowest BCUT2D eigenvalue weighted by molar-refractivity contribution is 0.731. The molecule has 0 amide bonds. The van der Waals surface area contributed by atoms with Crippen LogP contribution >= 0.6 is 11.8 Å². The van der Waals surface area contributed by atoms with E-state index in [2.05, 4.69) is 82.0 Å². The summed E-state index contributed by atoms with van der Waals surface area (Å²) >= 11 is 1.70. The molecule has 28 heavy (non-hydrogen) atoms. The van der Waals surface area contributed by atoms with Gasteiger partial charge in [0.2, 0.25) is 0 Å². The van der Waals surface area contributed by atoms with Gasteiger partial charge >= 0.3 is 0 Å². The third-order valence-electron chi connectivity index (χ3n) is 4.49. The zero-order chi connectivity index (χ0) is 19.2. The second-order valence-corrected chi connectivity index (χ2v) is 7.37. The van der Waals surface area contributed by atoms with E-state index < -0.39 is 0 Å². The van der Waals surface area contributed by atoms with Crippen LogP contribution in [0.1, 0.15) is 5.56 Å². The van der Waals surface area contributed by atoms with Crippen molar-refractivity contribution in [3.63, 3.8) is 0 Å². The van der Waals surface area contributed by atoms with E-state index in [4.69, 9.17) is 0 Å². The molecule has 0 aliphatic heterocycles. The molecule has 0 fully saturated rings. The minimum atomic E-state index is 0.687. The van der Waals surface area contributed by atoms with Crippen LogP contribution in [0, 0.1) is 0 Å². The lowest BCUT2D eigenvalue weighted by Gasteiger charge is -2.08. The molecule has 0 spiro atoms. The fraction of sp³-hybridized carbons (Fsp3) is 0.0833. The molecular weight excluding hydrogens is 362 g/mol. The number of hydrogen-bond acceptors (Lipinski definition) is 3. The Bertz CT molecular complexity index is 1040. The molecule has 4 aromatic rings. The van der Waals surface area contributed by atoms with Gasteiger partial charge in [0.15, 0.2) is 11.0 Å². The summed E-state index contributed by atoms with van der Waals surface area (Å²) in [7, 11) is 0. The molecule has 3 aromatic carbocycles. The van der Waals surface area contributed by atoms with E-state index in [-0.39, 0.29) is 0 Å². The van der Waals surface area contributed by atoms with Crippen LogP contribution in [0.25, 0.3) is 22.5 Å². The first kappa shape index (κ1) is 18.3. The largest absolute Gasteiger partial charge is 0.298 e. The normalized spacial score (nSPS) is 10.7. The van der Waals surface area contributed by atoms with Crippen LogP contribution in [-0.2, 0) is 12.3 Å². The summed E-state index contributed by atoms with van der Waals surface area (Å²) in [6, 6.07) is 29.3. The molecule has 0 aliphatic carbocycles. The second kappa shape index (κ2) is 8.72. The summed E-state index contributed by atoms with van der Waals surface area (Å²) in [5, 5.41) is 9.74. The van der Waals surface area contributed by atoms with Gasteiger partial charge < -0.3 is 0 Å². The van der Waals surface area contributed by atoms with Crippen molar-refractivity contribution in [1.82, 2.24) is 14.8 Å². The molecule has 4 heteroatoms. The standard InChI is InChI=1S/C24H21N3S/c1-2-17-27-23(22-11-7-4-8-12-22)25-26-24(27)28-18-19-13-15-21(16-14-19)20-9-5-3-6-10-20/h2-16H,1,17-18H2. The van der Waals surface area contributed by atoms with Crippen LogP contribution in [0.15, 0.2) is 103 Å². The Hall–Kier alpha value is -3.11. The maximum Gasteiger partial charge on any atom is 0.192 e. The van der Waals surface area contributed by atoms with Crippen LogP contribution < -0.4 is 0 Å².